The molecule has 0 radical (unpaired) electrons. The maximum atomic E-state index is 13.1. The van der Waals surface area contributed by atoms with Crippen LogP contribution in [0.15, 0.2) is 42.5 Å². The highest BCUT2D eigenvalue weighted by Gasteiger charge is 2.39. The fourth-order valence-electron chi connectivity index (χ4n) is 2.56. The molecule has 0 spiro atoms. The van der Waals surface area contributed by atoms with E-state index in [0.717, 1.165) is 6.42 Å². The Morgan fingerprint density at radius 3 is 2.50 bits per heavy atom. The van der Waals surface area contributed by atoms with E-state index >= 15 is 0 Å². The van der Waals surface area contributed by atoms with E-state index in [2.05, 4.69) is 0 Å². The van der Waals surface area contributed by atoms with Crippen molar-refractivity contribution in [2.75, 3.05) is 13.2 Å². The molecule has 2 aromatic rings. The van der Waals surface area contributed by atoms with Crippen LogP contribution in [0.4, 0.5) is 0 Å². The Bertz CT molecular complexity index is 885. The minimum absolute atomic E-state index is 0.157. The molecule has 2 aromatic carbocycles. The summed E-state index contributed by atoms with van der Waals surface area (Å²) in [6, 6.07) is 11.2. The average molecular weight is 413 g/mol. The van der Waals surface area contributed by atoms with E-state index in [0.29, 0.717) is 39.7 Å². The van der Waals surface area contributed by atoms with Crippen molar-refractivity contribution in [2.24, 2.45) is 5.41 Å². The van der Waals surface area contributed by atoms with E-state index < -0.39 is 7.60 Å². The van der Waals surface area contributed by atoms with Crippen LogP contribution in [-0.4, -0.2) is 19.0 Å². The van der Waals surface area contributed by atoms with Gasteiger partial charge in [-0.25, -0.2) is 0 Å². The summed E-state index contributed by atoms with van der Waals surface area (Å²) in [5.74, 6) is -0.304. The summed E-state index contributed by atoms with van der Waals surface area (Å²) in [4.78, 5) is 12.8. The maximum absolute atomic E-state index is 13.1. The van der Waals surface area contributed by atoms with E-state index in [1.807, 2.05) is 13.8 Å². The van der Waals surface area contributed by atoms with Crippen LogP contribution in [0.3, 0.4) is 0 Å². The Kier molecular flexibility index (Phi) is 5.62. The van der Waals surface area contributed by atoms with Crippen LogP contribution < -0.4 is 5.30 Å². The van der Waals surface area contributed by atoms with Gasteiger partial charge in [0.25, 0.3) is 0 Å². The summed E-state index contributed by atoms with van der Waals surface area (Å²) in [5, 5.41) is 1.08. The molecule has 1 saturated heterocycles. The maximum Gasteiger partial charge on any atom is 0.361 e. The van der Waals surface area contributed by atoms with Crippen LogP contribution in [0.1, 0.15) is 36.2 Å². The minimum Gasteiger partial charge on any atom is -0.305 e. The van der Waals surface area contributed by atoms with Crippen LogP contribution >= 0.6 is 30.8 Å². The molecule has 1 aliphatic rings. The van der Waals surface area contributed by atoms with Crippen molar-refractivity contribution >= 4 is 41.9 Å². The number of hydrogen-bond donors (Lipinski definition) is 0. The Morgan fingerprint density at radius 1 is 1.15 bits per heavy atom. The molecular weight excluding hydrogens is 394 g/mol. The summed E-state index contributed by atoms with van der Waals surface area (Å²) < 4.78 is 24.3. The predicted octanol–water partition coefficient (Wildman–Crippen LogP) is 5.51. The van der Waals surface area contributed by atoms with Crippen LogP contribution in [0.5, 0.6) is 0 Å². The first-order valence-electron chi connectivity index (χ1n) is 8.26. The first kappa shape index (κ1) is 19.6. The van der Waals surface area contributed by atoms with Gasteiger partial charge in [0.15, 0.2) is 5.78 Å². The molecule has 0 unspecified atom stereocenters. The lowest BCUT2D eigenvalue weighted by atomic mass is 9.90. The van der Waals surface area contributed by atoms with E-state index in [1.165, 1.54) is 12.1 Å². The Morgan fingerprint density at radius 2 is 1.85 bits per heavy atom. The summed E-state index contributed by atoms with van der Waals surface area (Å²) in [7, 11) is -3.45. The third kappa shape index (κ3) is 3.90. The Labute approximate surface area is 162 Å². The number of ketones is 1. The second-order valence-corrected chi connectivity index (χ2v) is 9.58. The minimum atomic E-state index is -3.45. The third-order valence-corrected chi connectivity index (χ3v) is 7.03. The lowest BCUT2D eigenvalue weighted by Crippen LogP contribution is -2.34. The molecule has 1 heterocycles. The van der Waals surface area contributed by atoms with Gasteiger partial charge in [-0.2, -0.15) is 0 Å². The highest BCUT2D eigenvalue weighted by molar-refractivity contribution is 7.62. The second-order valence-electron chi connectivity index (χ2n) is 6.71. The SMILES string of the molecule is CCC1(C)COP(=O)(c2cccc(C(=O)c3cc(Cl)ccc3Cl)c2)OC1. The first-order valence-corrected chi connectivity index (χ1v) is 10.6. The monoisotopic (exact) mass is 412 g/mol. The fraction of sp³-hybridized carbons (Fsp3) is 0.316. The van der Waals surface area contributed by atoms with Crippen molar-refractivity contribution in [3.05, 3.63) is 63.6 Å². The zero-order valence-electron chi connectivity index (χ0n) is 14.5. The molecule has 1 fully saturated rings. The van der Waals surface area contributed by atoms with Crippen molar-refractivity contribution in [3.63, 3.8) is 0 Å². The molecular formula is C19H19Cl2O4P. The second kappa shape index (κ2) is 7.46. The van der Waals surface area contributed by atoms with Gasteiger partial charge in [0.05, 0.1) is 23.5 Å². The lowest BCUT2D eigenvalue weighted by molar-refractivity contribution is 0.0313. The van der Waals surface area contributed by atoms with Gasteiger partial charge < -0.3 is 9.05 Å². The number of rotatable bonds is 4. The lowest BCUT2D eigenvalue weighted by Gasteiger charge is -2.36. The van der Waals surface area contributed by atoms with E-state index in [-0.39, 0.29) is 11.2 Å². The summed E-state index contributed by atoms with van der Waals surface area (Å²) in [6.45, 7) is 4.76. The van der Waals surface area contributed by atoms with E-state index in [4.69, 9.17) is 32.2 Å². The molecule has 1 aliphatic heterocycles. The quantitative estimate of drug-likeness (QED) is 0.490. The largest absolute Gasteiger partial charge is 0.361 e. The number of halogens is 2. The zero-order chi connectivity index (χ0) is 18.9. The molecule has 138 valence electrons. The molecule has 0 aliphatic carbocycles. The van der Waals surface area contributed by atoms with Gasteiger partial charge in [0.2, 0.25) is 0 Å². The van der Waals surface area contributed by atoms with Crippen molar-refractivity contribution in [3.8, 4) is 0 Å². The molecule has 0 aromatic heterocycles. The molecule has 0 atom stereocenters. The fourth-order valence-corrected chi connectivity index (χ4v) is 4.84. The molecule has 0 N–H and O–H groups in total. The normalized spacial score (nSPS) is 25.8. The van der Waals surface area contributed by atoms with Crippen molar-refractivity contribution in [2.45, 2.75) is 20.3 Å². The molecule has 4 nitrogen and oxygen atoms in total. The van der Waals surface area contributed by atoms with Gasteiger partial charge in [-0.15, -0.1) is 0 Å². The van der Waals surface area contributed by atoms with Gasteiger partial charge in [-0.05, 0) is 36.8 Å². The molecule has 0 saturated carbocycles. The first-order chi connectivity index (χ1) is 12.3. The van der Waals surface area contributed by atoms with Gasteiger partial charge in [0.1, 0.15) is 0 Å². The van der Waals surface area contributed by atoms with Crippen LogP contribution in [0.25, 0.3) is 0 Å². The Balaban J connectivity index is 1.90. The Hall–Kier alpha value is -1.16. The number of carbonyl (C=O) groups excluding carboxylic acids is 1. The number of benzene rings is 2. The van der Waals surface area contributed by atoms with Crippen LogP contribution in [0.2, 0.25) is 10.0 Å². The average Bonchev–Trinajstić information content (AvgIpc) is 2.66. The molecule has 0 amide bonds. The molecule has 7 heteroatoms. The summed E-state index contributed by atoms with van der Waals surface area (Å²) >= 11 is 12.1. The third-order valence-electron chi connectivity index (χ3n) is 4.62. The van der Waals surface area contributed by atoms with Gasteiger partial charge in [-0.3, -0.25) is 9.36 Å². The molecule has 26 heavy (non-hydrogen) atoms. The van der Waals surface area contributed by atoms with Crippen LogP contribution in [-0.2, 0) is 13.6 Å². The zero-order valence-corrected chi connectivity index (χ0v) is 16.9. The van der Waals surface area contributed by atoms with Gasteiger partial charge in [-0.1, -0.05) is 49.2 Å². The van der Waals surface area contributed by atoms with Crippen molar-refractivity contribution in [1.82, 2.24) is 0 Å². The number of carbonyl (C=O) groups is 1. The van der Waals surface area contributed by atoms with Crippen molar-refractivity contribution < 1.29 is 18.4 Å². The summed E-state index contributed by atoms with van der Waals surface area (Å²) in [5.41, 5.74) is 0.479. The van der Waals surface area contributed by atoms with E-state index in [1.54, 1.807) is 30.3 Å². The predicted molar refractivity (Wildman–Crippen MR) is 104 cm³/mol. The molecule has 0 bridgehead atoms. The molecule has 3 rings (SSSR count). The smallest absolute Gasteiger partial charge is 0.305 e. The van der Waals surface area contributed by atoms with Crippen molar-refractivity contribution in [1.29, 1.82) is 0 Å². The highest BCUT2D eigenvalue weighted by Crippen LogP contribution is 2.53. The van der Waals surface area contributed by atoms with E-state index in [9.17, 15) is 9.36 Å². The standard InChI is InChI=1S/C19H19Cl2O4P/c1-3-19(2)11-24-26(23,25-12-19)15-6-4-5-13(9-15)18(22)16-10-14(20)7-8-17(16)21/h4-10H,3,11-12H2,1-2H3. The highest BCUT2D eigenvalue weighted by atomic mass is 35.5. The number of hydrogen-bond acceptors (Lipinski definition) is 4. The topological polar surface area (TPSA) is 52.6 Å². The summed E-state index contributed by atoms with van der Waals surface area (Å²) in [6.07, 6.45) is 0.860. The van der Waals surface area contributed by atoms with Gasteiger partial charge in [0, 0.05) is 21.6 Å². The van der Waals surface area contributed by atoms with Gasteiger partial charge >= 0.3 is 7.60 Å². The van der Waals surface area contributed by atoms with Crippen LogP contribution in [0, 0.1) is 5.41 Å².